The van der Waals surface area contributed by atoms with Gasteiger partial charge in [-0.05, 0) is 48.9 Å². The Morgan fingerprint density at radius 3 is 2.63 bits per heavy atom. The molecule has 0 bridgehead atoms. The smallest absolute Gasteiger partial charge is 0.0603 e. The fraction of sp³-hybridized carbons (Fsp3) is 0.353. The molecule has 0 saturated carbocycles. The van der Waals surface area contributed by atoms with E-state index < -0.39 is 0 Å². The zero-order chi connectivity index (χ0) is 13.2. The van der Waals surface area contributed by atoms with Gasteiger partial charge in [0.05, 0.1) is 17.4 Å². The first-order valence-electron chi connectivity index (χ1n) is 7.02. The van der Waals surface area contributed by atoms with Gasteiger partial charge in [-0.2, -0.15) is 0 Å². The van der Waals surface area contributed by atoms with Gasteiger partial charge in [0.2, 0.25) is 0 Å². The van der Waals surface area contributed by atoms with Crippen molar-refractivity contribution >= 4 is 5.69 Å². The Balaban J connectivity index is 1.91. The van der Waals surface area contributed by atoms with Crippen molar-refractivity contribution in [2.75, 3.05) is 5.32 Å². The Kier molecular flexibility index (Phi) is 3.24. The van der Waals surface area contributed by atoms with Crippen molar-refractivity contribution in [2.45, 2.75) is 38.6 Å². The summed E-state index contributed by atoms with van der Waals surface area (Å²) in [6.45, 7) is 4.38. The molecule has 2 unspecified atom stereocenters. The summed E-state index contributed by atoms with van der Waals surface area (Å²) in [4.78, 5) is 4.35. The SMILES string of the molecule is Cc1ncccc1NC1CCC(C)c2ccccc21. The van der Waals surface area contributed by atoms with Crippen LogP contribution in [0.1, 0.15) is 48.5 Å². The molecule has 1 N–H and O–H groups in total. The highest BCUT2D eigenvalue weighted by molar-refractivity contribution is 5.50. The fourth-order valence-electron chi connectivity index (χ4n) is 2.98. The highest BCUT2D eigenvalue weighted by atomic mass is 14.9. The number of anilines is 1. The standard InChI is InChI=1S/C17H20N2/c1-12-9-10-17(15-7-4-3-6-14(12)15)19-16-8-5-11-18-13(16)2/h3-8,11-12,17,19H,9-10H2,1-2H3. The molecule has 1 aromatic heterocycles. The van der Waals surface area contributed by atoms with Gasteiger partial charge in [-0.3, -0.25) is 4.98 Å². The molecule has 1 heterocycles. The highest BCUT2D eigenvalue weighted by Crippen LogP contribution is 2.38. The first-order chi connectivity index (χ1) is 9.25. The van der Waals surface area contributed by atoms with Crippen LogP contribution in [0.4, 0.5) is 5.69 Å². The number of aromatic nitrogens is 1. The average Bonchev–Trinajstić information content (AvgIpc) is 2.44. The summed E-state index contributed by atoms with van der Waals surface area (Å²) in [5.74, 6) is 0.671. The summed E-state index contributed by atoms with van der Waals surface area (Å²) in [5.41, 5.74) is 5.16. The Hall–Kier alpha value is -1.83. The minimum Gasteiger partial charge on any atom is -0.377 e. The molecule has 0 amide bonds. The number of aryl methyl sites for hydroxylation is 1. The van der Waals surface area contributed by atoms with E-state index in [0.29, 0.717) is 12.0 Å². The Morgan fingerprint density at radius 2 is 1.84 bits per heavy atom. The third-order valence-electron chi connectivity index (χ3n) is 4.13. The molecule has 1 aliphatic carbocycles. The summed E-state index contributed by atoms with van der Waals surface area (Å²) in [5, 5.41) is 3.66. The molecular weight excluding hydrogens is 232 g/mol. The van der Waals surface area contributed by atoms with Gasteiger partial charge in [-0.25, -0.2) is 0 Å². The van der Waals surface area contributed by atoms with Gasteiger partial charge < -0.3 is 5.32 Å². The fourth-order valence-corrected chi connectivity index (χ4v) is 2.98. The van der Waals surface area contributed by atoms with E-state index in [1.165, 1.54) is 24.0 Å². The van der Waals surface area contributed by atoms with Crippen molar-refractivity contribution in [3.8, 4) is 0 Å². The van der Waals surface area contributed by atoms with Crippen LogP contribution in [0.5, 0.6) is 0 Å². The third-order valence-corrected chi connectivity index (χ3v) is 4.13. The van der Waals surface area contributed by atoms with Crippen molar-refractivity contribution in [1.29, 1.82) is 0 Å². The second kappa shape index (κ2) is 5.04. The molecule has 0 radical (unpaired) electrons. The minimum absolute atomic E-state index is 0.412. The van der Waals surface area contributed by atoms with E-state index in [4.69, 9.17) is 0 Å². The number of nitrogens with one attached hydrogen (secondary N) is 1. The topological polar surface area (TPSA) is 24.9 Å². The van der Waals surface area contributed by atoms with Gasteiger partial charge in [0.25, 0.3) is 0 Å². The predicted octanol–water partition coefficient (Wildman–Crippen LogP) is 4.44. The Labute approximate surface area is 114 Å². The molecule has 0 saturated heterocycles. The molecule has 2 nitrogen and oxygen atoms in total. The summed E-state index contributed by atoms with van der Waals surface area (Å²) >= 11 is 0. The van der Waals surface area contributed by atoms with Crippen LogP contribution in [0.15, 0.2) is 42.6 Å². The lowest BCUT2D eigenvalue weighted by Gasteiger charge is -2.31. The Morgan fingerprint density at radius 1 is 1.05 bits per heavy atom. The van der Waals surface area contributed by atoms with E-state index in [1.54, 1.807) is 0 Å². The quantitative estimate of drug-likeness (QED) is 0.854. The van der Waals surface area contributed by atoms with Crippen LogP contribution in [0.2, 0.25) is 0 Å². The monoisotopic (exact) mass is 252 g/mol. The number of hydrogen-bond donors (Lipinski definition) is 1. The van der Waals surface area contributed by atoms with E-state index in [9.17, 15) is 0 Å². The maximum absolute atomic E-state index is 4.35. The lowest BCUT2D eigenvalue weighted by atomic mass is 9.81. The second-order valence-corrected chi connectivity index (χ2v) is 5.44. The molecule has 2 atom stereocenters. The van der Waals surface area contributed by atoms with E-state index in [2.05, 4.69) is 54.5 Å². The van der Waals surface area contributed by atoms with Crippen LogP contribution in [0.25, 0.3) is 0 Å². The van der Waals surface area contributed by atoms with Crippen molar-refractivity contribution in [3.05, 3.63) is 59.4 Å². The van der Waals surface area contributed by atoms with Gasteiger partial charge in [-0.15, -0.1) is 0 Å². The molecule has 0 aliphatic heterocycles. The first kappa shape index (κ1) is 12.2. The third kappa shape index (κ3) is 2.35. The Bertz CT molecular complexity index is 577. The van der Waals surface area contributed by atoms with Crippen LogP contribution in [0.3, 0.4) is 0 Å². The van der Waals surface area contributed by atoms with Crippen LogP contribution in [0, 0.1) is 6.92 Å². The molecule has 1 aromatic carbocycles. The molecule has 0 fully saturated rings. The highest BCUT2D eigenvalue weighted by Gasteiger charge is 2.24. The van der Waals surface area contributed by atoms with Crippen LogP contribution in [-0.4, -0.2) is 4.98 Å². The number of rotatable bonds is 2. The number of pyridine rings is 1. The van der Waals surface area contributed by atoms with E-state index in [0.717, 1.165) is 11.4 Å². The molecule has 1 aliphatic rings. The van der Waals surface area contributed by atoms with Crippen molar-refractivity contribution in [1.82, 2.24) is 4.98 Å². The molecule has 2 heteroatoms. The maximum Gasteiger partial charge on any atom is 0.0603 e. The van der Waals surface area contributed by atoms with E-state index in [-0.39, 0.29) is 0 Å². The predicted molar refractivity (Wildman–Crippen MR) is 79.4 cm³/mol. The number of benzene rings is 1. The lowest BCUT2D eigenvalue weighted by Crippen LogP contribution is -2.19. The summed E-state index contributed by atoms with van der Waals surface area (Å²) < 4.78 is 0. The zero-order valence-electron chi connectivity index (χ0n) is 11.6. The molecule has 3 rings (SSSR count). The minimum atomic E-state index is 0.412. The number of fused-ring (bicyclic) bond motifs is 1. The number of hydrogen-bond acceptors (Lipinski definition) is 2. The van der Waals surface area contributed by atoms with Crippen LogP contribution < -0.4 is 5.32 Å². The summed E-state index contributed by atoms with van der Waals surface area (Å²) in [6, 6.07) is 13.3. The van der Waals surface area contributed by atoms with Gasteiger partial charge in [0.15, 0.2) is 0 Å². The molecule has 0 spiro atoms. The number of nitrogens with zero attached hydrogens (tertiary/aromatic N) is 1. The van der Waals surface area contributed by atoms with Gasteiger partial charge in [0, 0.05) is 6.20 Å². The largest absolute Gasteiger partial charge is 0.377 e. The van der Waals surface area contributed by atoms with E-state index >= 15 is 0 Å². The van der Waals surface area contributed by atoms with Gasteiger partial charge in [-0.1, -0.05) is 31.2 Å². The van der Waals surface area contributed by atoms with Crippen LogP contribution in [-0.2, 0) is 0 Å². The first-order valence-corrected chi connectivity index (χ1v) is 7.02. The second-order valence-electron chi connectivity index (χ2n) is 5.44. The molecule has 98 valence electrons. The van der Waals surface area contributed by atoms with Crippen molar-refractivity contribution in [2.24, 2.45) is 0 Å². The molecule has 2 aromatic rings. The lowest BCUT2D eigenvalue weighted by molar-refractivity contribution is 0.534. The normalized spacial score (nSPS) is 21.8. The average molecular weight is 252 g/mol. The van der Waals surface area contributed by atoms with Gasteiger partial charge >= 0.3 is 0 Å². The summed E-state index contributed by atoms with van der Waals surface area (Å²) in [6.07, 6.45) is 4.28. The molecule has 19 heavy (non-hydrogen) atoms. The maximum atomic E-state index is 4.35. The summed E-state index contributed by atoms with van der Waals surface area (Å²) in [7, 11) is 0. The van der Waals surface area contributed by atoms with Gasteiger partial charge in [0.1, 0.15) is 0 Å². The van der Waals surface area contributed by atoms with Crippen molar-refractivity contribution < 1.29 is 0 Å². The van der Waals surface area contributed by atoms with E-state index in [1.807, 2.05) is 12.3 Å². The molecular formula is C17H20N2. The zero-order valence-corrected chi connectivity index (χ0v) is 11.6. The van der Waals surface area contributed by atoms with Crippen molar-refractivity contribution in [3.63, 3.8) is 0 Å². The van der Waals surface area contributed by atoms with Crippen LogP contribution >= 0.6 is 0 Å².